The molecule has 3 fully saturated rings. The first-order valence-corrected chi connectivity index (χ1v) is 15.6. The molecule has 1 aromatic carbocycles. The maximum atomic E-state index is 13.8. The van der Waals surface area contributed by atoms with Crippen molar-refractivity contribution < 1.29 is 18.3 Å². The van der Waals surface area contributed by atoms with Crippen LogP contribution in [0.2, 0.25) is 0 Å². The highest BCUT2D eigenvalue weighted by atomic mass is 32.2. The Kier molecular flexibility index (Phi) is 6.49. The van der Waals surface area contributed by atoms with E-state index in [9.17, 15) is 18.3 Å². The lowest BCUT2D eigenvalue weighted by molar-refractivity contribution is -0.148. The summed E-state index contributed by atoms with van der Waals surface area (Å²) in [6.45, 7) is 1.89. The van der Waals surface area contributed by atoms with Crippen LogP contribution in [0, 0.1) is 24.7 Å². The molecule has 12 nitrogen and oxygen atoms in total. The number of carbonyl (C=O) groups is 1. The van der Waals surface area contributed by atoms with E-state index in [4.69, 9.17) is 9.97 Å². The maximum Gasteiger partial charge on any atom is 0.308 e. The average molecular weight is 599 g/mol. The molecule has 0 amide bonds. The van der Waals surface area contributed by atoms with Gasteiger partial charge in [0.15, 0.2) is 11.5 Å². The molecule has 0 aliphatic heterocycles. The predicted molar refractivity (Wildman–Crippen MR) is 159 cm³/mol. The summed E-state index contributed by atoms with van der Waals surface area (Å²) in [6, 6.07) is 8.14. The Balaban J connectivity index is 1.38. The van der Waals surface area contributed by atoms with E-state index in [0.717, 1.165) is 40.8 Å². The van der Waals surface area contributed by atoms with Gasteiger partial charge in [0.25, 0.3) is 10.0 Å². The molecule has 0 radical (unpaired) electrons. The molecule has 13 heteroatoms. The number of aliphatic carboxylic acids is 1. The van der Waals surface area contributed by atoms with Crippen molar-refractivity contribution in [1.82, 2.24) is 33.7 Å². The second kappa shape index (κ2) is 10.3. The van der Waals surface area contributed by atoms with Crippen LogP contribution in [0.3, 0.4) is 0 Å². The van der Waals surface area contributed by atoms with E-state index in [0.29, 0.717) is 22.5 Å². The number of anilines is 1. The summed E-state index contributed by atoms with van der Waals surface area (Å²) in [5, 5.41) is 18.4. The van der Waals surface area contributed by atoms with Gasteiger partial charge < -0.3 is 10.4 Å². The fourth-order valence-corrected chi connectivity index (χ4v) is 7.97. The summed E-state index contributed by atoms with van der Waals surface area (Å²) in [5.41, 5.74) is 2.87. The van der Waals surface area contributed by atoms with Gasteiger partial charge >= 0.3 is 5.97 Å². The fourth-order valence-electron chi connectivity index (χ4n) is 6.65. The van der Waals surface area contributed by atoms with Crippen LogP contribution in [0.4, 0.5) is 5.82 Å². The van der Waals surface area contributed by atoms with Crippen molar-refractivity contribution in [2.24, 2.45) is 24.8 Å². The van der Waals surface area contributed by atoms with Gasteiger partial charge in [-0.2, -0.15) is 5.10 Å². The SMILES string of the molecule is Cc1ccc(S(=O)(=O)n2cc(-c3nc(NC4C5CCC(CC5)C4C(=O)O)cc(-c4cnn(C)c4)n3)c3cncnc32)cc1. The normalized spacial score (nSPS) is 21.7. The van der Waals surface area contributed by atoms with Crippen molar-refractivity contribution in [2.45, 2.75) is 43.5 Å². The molecule has 5 aromatic rings. The number of aryl methyl sites for hydroxylation is 2. The topological polar surface area (TPSA) is 158 Å². The van der Waals surface area contributed by atoms with Gasteiger partial charge in [-0.3, -0.25) is 9.48 Å². The Hall–Kier alpha value is -4.65. The van der Waals surface area contributed by atoms with Gasteiger partial charge in [-0.05, 0) is 56.6 Å². The van der Waals surface area contributed by atoms with Crippen LogP contribution in [0.25, 0.3) is 33.7 Å². The standard InChI is InChI=1S/C30H30N8O4S/c1-17-3-9-21(10-4-17)43(41,42)38-15-23(22-13-31-16-32-29(22)38)28-34-24(20-12-33-37(2)14-20)11-25(36-28)35-27-19-7-5-18(6-8-19)26(27)30(39)40/h3-4,9-16,18-19,26-27H,5-8H2,1-2H3,(H,39,40)(H,34,35,36). The predicted octanol–water partition coefficient (Wildman–Crippen LogP) is 4.14. The minimum atomic E-state index is -4.01. The Bertz CT molecular complexity index is 1960. The number of hydrogen-bond donors (Lipinski definition) is 2. The van der Waals surface area contributed by atoms with Gasteiger partial charge in [0.2, 0.25) is 0 Å². The Morgan fingerprint density at radius 3 is 2.47 bits per heavy atom. The molecule has 0 saturated heterocycles. The van der Waals surface area contributed by atoms with E-state index in [2.05, 4.69) is 20.4 Å². The average Bonchev–Trinajstić information content (AvgIpc) is 3.62. The van der Waals surface area contributed by atoms with Crippen LogP contribution in [-0.4, -0.2) is 59.2 Å². The third-order valence-electron chi connectivity index (χ3n) is 8.80. The van der Waals surface area contributed by atoms with Crippen LogP contribution in [0.1, 0.15) is 31.2 Å². The van der Waals surface area contributed by atoms with Crippen LogP contribution < -0.4 is 5.32 Å². The lowest BCUT2D eigenvalue weighted by Crippen LogP contribution is -2.51. The molecule has 2 atom stereocenters. The molecule has 3 saturated carbocycles. The number of rotatable bonds is 7. The van der Waals surface area contributed by atoms with E-state index in [-0.39, 0.29) is 34.2 Å². The molecule has 2 N–H and O–H groups in total. The van der Waals surface area contributed by atoms with Crippen molar-refractivity contribution in [2.75, 3.05) is 5.32 Å². The number of nitrogens with zero attached hydrogens (tertiary/aromatic N) is 7. The number of carboxylic acid groups (broad SMARTS) is 1. The minimum absolute atomic E-state index is 0.125. The Labute approximate surface area is 247 Å². The maximum absolute atomic E-state index is 13.8. The molecule has 4 heterocycles. The quantitative estimate of drug-likeness (QED) is 0.279. The summed E-state index contributed by atoms with van der Waals surface area (Å²) in [6.07, 6.45) is 11.6. The lowest BCUT2D eigenvalue weighted by Gasteiger charge is -2.47. The van der Waals surface area contributed by atoms with Crippen molar-refractivity contribution in [3.63, 3.8) is 0 Å². The van der Waals surface area contributed by atoms with Gasteiger partial charge in [-0.15, -0.1) is 0 Å². The molecule has 3 aliphatic rings. The van der Waals surface area contributed by atoms with Gasteiger partial charge in [0, 0.05) is 54.3 Å². The first-order valence-electron chi connectivity index (χ1n) is 14.2. The summed E-state index contributed by atoms with van der Waals surface area (Å²) < 4.78 is 30.4. The first kappa shape index (κ1) is 27.2. The van der Waals surface area contributed by atoms with Crippen LogP contribution >= 0.6 is 0 Å². The molecule has 43 heavy (non-hydrogen) atoms. The van der Waals surface area contributed by atoms with Crippen molar-refractivity contribution in [3.8, 4) is 22.6 Å². The third kappa shape index (κ3) is 4.73. The van der Waals surface area contributed by atoms with E-state index in [1.807, 2.05) is 20.2 Å². The molecule has 8 rings (SSSR count). The molecule has 2 unspecified atom stereocenters. The minimum Gasteiger partial charge on any atom is -0.481 e. The van der Waals surface area contributed by atoms with Crippen LogP contribution in [-0.2, 0) is 21.9 Å². The zero-order chi connectivity index (χ0) is 29.9. The third-order valence-corrected chi connectivity index (χ3v) is 10.5. The largest absolute Gasteiger partial charge is 0.481 e. The van der Waals surface area contributed by atoms with E-state index in [1.165, 1.54) is 12.5 Å². The number of nitrogens with one attached hydrogen (secondary N) is 1. The number of aromatic nitrogens is 7. The zero-order valence-electron chi connectivity index (χ0n) is 23.6. The summed E-state index contributed by atoms with van der Waals surface area (Å²) >= 11 is 0. The zero-order valence-corrected chi connectivity index (χ0v) is 24.4. The fraction of sp³-hybridized carbons (Fsp3) is 0.333. The van der Waals surface area contributed by atoms with Gasteiger partial charge in [0.1, 0.15) is 12.1 Å². The highest BCUT2D eigenvalue weighted by Crippen LogP contribution is 2.46. The first-order chi connectivity index (χ1) is 20.7. The Morgan fingerprint density at radius 2 is 1.77 bits per heavy atom. The Morgan fingerprint density at radius 1 is 1.02 bits per heavy atom. The van der Waals surface area contributed by atoms with E-state index in [1.54, 1.807) is 47.4 Å². The molecular weight excluding hydrogens is 568 g/mol. The monoisotopic (exact) mass is 598 g/mol. The van der Waals surface area contributed by atoms with Crippen molar-refractivity contribution in [3.05, 3.63) is 67.0 Å². The number of hydrogen-bond acceptors (Lipinski definition) is 9. The molecular formula is C30H30N8O4S. The summed E-state index contributed by atoms with van der Waals surface area (Å²) in [4.78, 5) is 30.6. The lowest BCUT2D eigenvalue weighted by atomic mass is 9.61. The van der Waals surface area contributed by atoms with Crippen LogP contribution in [0.5, 0.6) is 0 Å². The molecule has 4 aromatic heterocycles. The number of fused-ring (bicyclic) bond motifs is 4. The highest BCUT2D eigenvalue weighted by Gasteiger charge is 2.47. The molecule has 0 spiro atoms. The smallest absolute Gasteiger partial charge is 0.308 e. The van der Waals surface area contributed by atoms with E-state index < -0.39 is 21.9 Å². The second-order valence-corrected chi connectivity index (χ2v) is 13.3. The van der Waals surface area contributed by atoms with Gasteiger partial charge in [-0.1, -0.05) is 17.7 Å². The summed E-state index contributed by atoms with van der Waals surface area (Å²) in [7, 11) is -2.20. The van der Waals surface area contributed by atoms with E-state index >= 15 is 0 Å². The second-order valence-electron chi connectivity index (χ2n) is 11.5. The van der Waals surface area contributed by atoms with Gasteiger partial charge in [-0.25, -0.2) is 32.3 Å². The number of benzene rings is 1. The molecule has 3 aliphatic carbocycles. The molecule has 220 valence electrons. The van der Waals surface area contributed by atoms with Gasteiger partial charge in [0.05, 0.1) is 22.7 Å². The van der Waals surface area contributed by atoms with Crippen LogP contribution in [0.15, 0.2) is 66.3 Å². The highest BCUT2D eigenvalue weighted by molar-refractivity contribution is 7.90. The van der Waals surface area contributed by atoms with Crippen molar-refractivity contribution in [1.29, 1.82) is 0 Å². The molecule has 2 bridgehead atoms. The summed E-state index contributed by atoms with van der Waals surface area (Å²) in [5.74, 6) is -0.235. The van der Waals surface area contributed by atoms with Crippen molar-refractivity contribution >= 4 is 32.8 Å². The number of carboxylic acids is 1.